The van der Waals surface area contributed by atoms with E-state index in [0.717, 1.165) is 12.8 Å². The molecule has 200 valence electrons. The molecule has 0 aliphatic carbocycles. The van der Waals surface area contributed by atoms with E-state index in [1.54, 1.807) is 55.5 Å². The molecule has 3 aromatic carbocycles. The Balaban J connectivity index is 1.65. The lowest BCUT2D eigenvalue weighted by Gasteiger charge is -2.26. The van der Waals surface area contributed by atoms with Gasteiger partial charge in [0.1, 0.15) is 5.58 Å². The largest absolute Gasteiger partial charge is 0.504 e. The summed E-state index contributed by atoms with van der Waals surface area (Å²) in [6, 6.07) is 14.8. The number of carbonyl (C=O) groups excluding carboxylic acids is 2. The third kappa shape index (κ3) is 4.83. The number of amides is 1. The van der Waals surface area contributed by atoms with Crippen molar-refractivity contribution in [3.8, 4) is 11.5 Å². The van der Waals surface area contributed by atoms with Gasteiger partial charge in [0.25, 0.3) is 5.91 Å². The van der Waals surface area contributed by atoms with Gasteiger partial charge in [-0.05, 0) is 73.5 Å². The summed E-state index contributed by atoms with van der Waals surface area (Å²) in [5.74, 6) is -0.918. The summed E-state index contributed by atoms with van der Waals surface area (Å²) in [7, 11) is 0. The highest BCUT2D eigenvalue weighted by Gasteiger charge is 2.44. The van der Waals surface area contributed by atoms with E-state index in [0.29, 0.717) is 35.1 Å². The molecule has 1 amide bonds. The highest BCUT2D eigenvalue weighted by molar-refractivity contribution is 6.31. The number of carbonyl (C=O) groups is 2. The normalized spacial score (nSPS) is 14.5. The molecule has 2 heterocycles. The Hall–Kier alpha value is -4.30. The summed E-state index contributed by atoms with van der Waals surface area (Å²) in [6.45, 7) is 4.42. The molecule has 5 rings (SSSR count). The first-order chi connectivity index (χ1) is 18.8. The van der Waals surface area contributed by atoms with Crippen molar-refractivity contribution in [2.75, 3.05) is 18.1 Å². The number of benzene rings is 3. The molecule has 0 saturated heterocycles. The fourth-order valence-corrected chi connectivity index (χ4v) is 4.82. The number of fused-ring (bicyclic) bond motifs is 2. The minimum atomic E-state index is -0.894. The van der Waals surface area contributed by atoms with Crippen molar-refractivity contribution in [3.63, 3.8) is 0 Å². The molecular weight excluding hydrogens is 522 g/mol. The maximum atomic E-state index is 13.8. The van der Waals surface area contributed by atoms with Crippen LogP contribution in [-0.4, -0.2) is 30.2 Å². The number of unbranched alkanes of at least 4 members (excludes halogenated alkanes) is 1. The Labute approximate surface area is 229 Å². The Morgan fingerprint density at radius 3 is 2.54 bits per heavy atom. The van der Waals surface area contributed by atoms with Gasteiger partial charge in [-0.1, -0.05) is 31.0 Å². The molecule has 1 aliphatic heterocycles. The number of halogens is 1. The number of hydrogen-bond donors (Lipinski definition) is 1. The van der Waals surface area contributed by atoms with Crippen LogP contribution in [-0.2, 0) is 4.74 Å². The molecule has 1 unspecified atom stereocenters. The zero-order valence-corrected chi connectivity index (χ0v) is 22.2. The van der Waals surface area contributed by atoms with Crippen LogP contribution >= 0.6 is 11.6 Å². The predicted octanol–water partition coefficient (Wildman–Crippen LogP) is 6.26. The van der Waals surface area contributed by atoms with Gasteiger partial charge in [0.15, 0.2) is 16.9 Å². The minimum Gasteiger partial charge on any atom is -0.504 e. The molecule has 39 heavy (non-hydrogen) atoms. The third-order valence-electron chi connectivity index (χ3n) is 6.54. The van der Waals surface area contributed by atoms with Crippen molar-refractivity contribution in [1.29, 1.82) is 0 Å². The molecule has 4 aromatic rings. The number of anilines is 1. The number of phenolic OH excluding ortho intramolecular Hbond substituents is 1. The Kier molecular flexibility index (Phi) is 7.30. The highest BCUT2D eigenvalue weighted by atomic mass is 35.5. The summed E-state index contributed by atoms with van der Waals surface area (Å²) < 4.78 is 16.8. The first-order valence-corrected chi connectivity index (χ1v) is 13.0. The van der Waals surface area contributed by atoms with Crippen molar-refractivity contribution in [2.45, 2.75) is 32.7 Å². The molecule has 1 aliphatic rings. The van der Waals surface area contributed by atoms with Crippen LogP contribution in [0.1, 0.15) is 64.8 Å². The number of hydrogen-bond acceptors (Lipinski definition) is 7. The lowest BCUT2D eigenvalue weighted by Crippen LogP contribution is -2.29. The number of rotatable bonds is 8. The second-order valence-corrected chi connectivity index (χ2v) is 9.53. The number of aromatic hydroxyl groups is 1. The minimum absolute atomic E-state index is 0.0695. The van der Waals surface area contributed by atoms with Gasteiger partial charge in [-0.25, -0.2) is 4.79 Å². The maximum absolute atomic E-state index is 13.8. The van der Waals surface area contributed by atoms with Gasteiger partial charge in [0, 0.05) is 10.7 Å². The van der Waals surface area contributed by atoms with Gasteiger partial charge in [0.2, 0.25) is 5.76 Å². The quantitative estimate of drug-likeness (QED) is 0.205. The van der Waals surface area contributed by atoms with Crippen molar-refractivity contribution < 1.29 is 28.6 Å². The first kappa shape index (κ1) is 26.3. The monoisotopic (exact) mass is 547 g/mol. The van der Waals surface area contributed by atoms with Crippen molar-refractivity contribution in [2.24, 2.45) is 0 Å². The lowest BCUT2D eigenvalue weighted by molar-refractivity contribution is 0.0499. The first-order valence-electron chi connectivity index (χ1n) is 12.7. The molecule has 0 spiro atoms. The van der Waals surface area contributed by atoms with Gasteiger partial charge in [-0.2, -0.15) is 0 Å². The van der Waals surface area contributed by atoms with Crippen LogP contribution in [0.25, 0.3) is 11.0 Å². The summed E-state index contributed by atoms with van der Waals surface area (Å²) in [6.07, 6.45) is 1.67. The maximum Gasteiger partial charge on any atom is 0.338 e. The zero-order valence-electron chi connectivity index (χ0n) is 21.4. The average molecular weight is 548 g/mol. The molecule has 0 bridgehead atoms. The molecular formula is C30H26ClNO7. The Morgan fingerprint density at radius 1 is 1.05 bits per heavy atom. The fraction of sp³-hybridized carbons (Fsp3) is 0.233. The number of ether oxygens (including phenoxy) is 2. The topological polar surface area (TPSA) is 106 Å². The summed E-state index contributed by atoms with van der Waals surface area (Å²) in [5.41, 5.74) is 1.30. The van der Waals surface area contributed by atoms with Gasteiger partial charge in [0.05, 0.1) is 35.8 Å². The van der Waals surface area contributed by atoms with Crippen LogP contribution in [0.2, 0.25) is 5.02 Å². The van der Waals surface area contributed by atoms with E-state index in [4.69, 9.17) is 25.5 Å². The molecule has 0 radical (unpaired) electrons. The smallest absolute Gasteiger partial charge is 0.338 e. The van der Waals surface area contributed by atoms with E-state index in [1.165, 1.54) is 17.0 Å². The molecule has 0 saturated carbocycles. The van der Waals surface area contributed by atoms with Crippen molar-refractivity contribution >= 4 is 40.1 Å². The van der Waals surface area contributed by atoms with Gasteiger partial charge < -0.3 is 19.0 Å². The average Bonchev–Trinajstić information content (AvgIpc) is 3.23. The number of phenols is 1. The molecule has 1 aromatic heterocycles. The second kappa shape index (κ2) is 10.8. The summed E-state index contributed by atoms with van der Waals surface area (Å²) >= 11 is 6.16. The number of esters is 1. The Morgan fingerprint density at radius 2 is 1.82 bits per heavy atom. The van der Waals surface area contributed by atoms with E-state index < -0.39 is 23.3 Å². The third-order valence-corrected chi connectivity index (χ3v) is 6.78. The molecule has 8 nitrogen and oxygen atoms in total. The van der Waals surface area contributed by atoms with Crippen LogP contribution in [0.3, 0.4) is 0 Å². The SMILES string of the molecule is CCCCOC(=O)c1ccc(N2C(=O)c3oc4ccc(Cl)cc4c(=O)c3C2c2ccc(O)c(OCC)c2)cc1. The van der Waals surface area contributed by atoms with Crippen LogP contribution in [0, 0.1) is 0 Å². The van der Waals surface area contributed by atoms with Gasteiger partial charge in [-0.3, -0.25) is 14.5 Å². The number of nitrogens with zero attached hydrogens (tertiary/aromatic N) is 1. The highest BCUT2D eigenvalue weighted by Crippen LogP contribution is 2.43. The van der Waals surface area contributed by atoms with Crippen LogP contribution in [0.5, 0.6) is 11.5 Å². The van der Waals surface area contributed by atoms with Crippen molar-refractivity contribution in [1.82, 2.24) is 0 Å². The van der Waals surface area contributed by atoms with Gasteiger partial charge in [-0.15, -0.1) is 0 Å². The van der Waals surface area contributed by atoms with Crippen LogP contribution in [0.15, 0.2) is 69.9 Å². The summed E-state index contributed by atoms with van der Waals surface area (Å²) in [4.78, 5) is 41.4. The molecule has 1 atom stereocenters. The van der Waals surface area contributed by atoms with E-state index in [9.17, 15) is 19.5 Å². The van der Waals surface area contributed by atoms with Gasteiger partial charge >= 0.3 is 5.97 Å². The standard InChI is InChI=1S/C30H26ClNO7/c1-3-5-14-38-30(36)17-6-10-20(11-7-17)32-26(18-8-12-22(33)24(15-18)37-4-2)25-27(34)21-16-19(31)9-13-23(21)39-28(25)29(32)35/h6-13,15-16,26,33H,3-5,14H2,1-2H3. The van der Waals surface area contributed by atoms with E-state index in [2.05, 4.69) is 0 Å². The fourth-order valence-electron chi connectivity index (χ4n) is 4.65. The predicted molar refractivity (Wildman–Crippen MR) is 147 cm³/mol. The van der Waals surface area contributed by atoms with Crippen LogP contribution < -0.4 is 15.1 Å². The lowest BCUT2D eigenvalue weighted by atomic mass is 9.97. The Bertz CT molecular complexity index is 1630. The van der Waals surface area contributed by atoms with E-state index in [1.807, 2.05) is 6.92 Å². The zero-order chi connectivity index (χ0) is 27.7. The summed E-state index contributed by atoms with van der Waals surface area (Å²) in [5, 5.41) is 10.9. The van der Waals surface area contributed by atoms with Crippen LogP contribution in [0.4, 0.5) is 5.69 Å². The van der Waals surface area contributed by atoms with E-state index in [-0.39, 0.29) is 33.8 Å². The van der Waals surface area contributed by atoms with E-state index >= 15 is 0 Å². The second-order valence-electron chi connectivity index (χ2n) is 9.09. The van der Waals surface area contributed by atoms with Crippen molar-refractivity contribution in [3.05, 3.63) is 98.4 Å². The molecule has 1 N–H and O–H groups in total. The molecule has 9 heteroatoms. The molecule has 0 fully saturated rings.